The quantitative estimate of drug-likeness (QED) is 0.925. The van der Waals surface area contributed by atoms with Gasteiger partial charge in [0.2, 0.25) is 0 Å². The Morgan fingerprint density at radius 1 is 1.33 bits per heavy atom. The summed E-state index contributed by atoms with van der Waals surface area (Å²) in [5.41, 5.74) is 8.22. The summed E-state index contributed by atoms with van der Waals surface area (Å²) in [5, 5.41) is 0. The summed E-state index contributed by atoms with van der Waals surface area (Å²) in [5.74, 6) is 0.822. The van der Waals surface area contributed by atoms with Gasteiger partial charge in [-0.2, -0.15) is 0 Å². The standard InChI is InChI=1S/C15H23BrN2/c1-11-3-4-12(2)18(9-11)10-14-6-5-13(8-17)7-15(14)16/h5-7,11-12H,3-4,8-10,17H2,1-2H3. The van der Waals surface area contributed by atoms with E-state index in [1.165, 1.54) is 35.0 Å². The number of hydrogen-bond donors (Lipinski definition) is 1. The second-order valence-electron chi connectivity index (χ2n) is 5.59. The number of nitrogens with zero attached hydrogens (tertiary/aromatic N) is 1. The van der Waals surface area contributed by atoms with Crippen LogP contribution in [0.4, 0.5) is 0 Å². The van der Waals surface area contributed by atoms with Crippen molar-refractivity contribution >= 4 is 15.9 Å². The molecule has 2 N–H and O–H groups in total. The molecule has 0 radical (unpaired) electrons. The first-order valence-corrected chi connectivity index (χ1v) is 7.61. The van der Waals surface area contributed by atoms with Crippen molar-refractivity contribution in [2.45, 2.75) is 45.8 Å². The van der Waals surface area contributed by atoms with Crippen LogP contribution >= 0.6 is 15.9 Å². The van der Waals surface area contributed by atoms with E-state index in [0.29, 0.717) is 12.6 Å². The SMILES string of the molecule is CC1CCC(C)N(Cc2ccc(CN)cc2Br)C1. The predicted molar refractivity (Wildman–Crippen MR) is 80.3 cm³/mol. The van der Waals surface area contributed by atoms with E-state index in [-0.39, 0.29) is 0 Å². The van der Waals surface area contributed by atoms with E-state index < -0.39 is 0 Å². The molecule has 0 saturated carbocycles. The van der Waals surface area contributed by atoms with Gasteiger partial charge in [0.25, 0.3) is 0 Å². The Balaban J connectivity index is 2.08. The summed E-state index contributed by atoms with van der Waals surface area (Å²) >= 11 is 3.67. The van der Waals surface area contributed by atoms with E-state index >= 15 is 0 Å². The van der Waals surface area contributed by atoms with Crippen LogP contribution in [0.3, 0.4) is 0 Å². The molecule has 1 aliphatic rings. The van der Waals surface area contributed by atoms with E-state index in [9.17, 15) is 0 Å². The molecule has 1 aliphatic heterocycles. The largest absolute Gasteiger partial charge is 0.326 e. The van der Waals surface area contributed by atoms with Crippen molar-refractivity contribution in [1.29, 1.82) is 0 Å². The van der Waals surface area contributed by atoms with Gasteiger partial charge in [0.15, 0.2) is 0 Å². The van der Waals surface area contributed by atoms with Crippen molar-refractivity contribution in [3.05, 3.63) is 33.8 Å². The van der Waals surface area contributed by atoms with Crippen LogP contribution in [0.15, 0.2) is 22.7 Å². The van der Waals surface area contributed by atoms with Crippen molar-refractivity contribution in [3.63, 3.8) is 0 Å². The highest BCUT2D eigenvalue weighted by atomic mass is 79.9. The van der Waals surface area contributed by atoms with Crippen LogP contribution in [-0.2, 0) is 13.1 Å². The molecule has 0 aliphatic carbocycles. The number of likely N-dealkylation sites (tertiary alicyclic amines) is 1. The summed E-state index contributed by atoms with van der Waals surface area (Å²) in [6.07, 6.45) is 2.69. The third kappa shape index (κ3) is 3.34. The molecular formula is C15H23BrN2. The molecule has 2 atom stereocenters. The fourth-order valence-corrected chi connectivity index (χ4v) is 3.22. The normalized spacial score (nSPS) is 25.3. The summed E-state index contributed by atoms with van der Waals surface area (Å²) in [6, 6.07) is 7.19. The molecular weight excluding hydrogens is 288 g/mol. The second-order valence-corrected chi connectivity index (χ2v) is 6.45. The first kappa shape index (κ1) is 14.0. The summed E-state index contributed by atoms with van der Waals surface area (Å²) in [7, 11) is 0. The third-order valence-corrected chi connectivity index (χ3v) is 4.71. The Kier molecular flexibility index (Phi) is 4.82. The van der Waals surface area contributed by atoms with E-state index in [4.69, 9.17) is 5.73 Å². The van der Waals surface area contributed by atoms with Gasteiger partial charge >= 0.3 is 0 Å². The molecule has 0 bridgehead atoms. The van der Waals surface area contributed by atoms with Gasteiger partial charge in [0.1, 0.15) is 0 Å². The lowest BCUT2D eigenvalue weighted by molar-refractivity contribution is 0.117. The zero-order valence-electron chi connectivity index (χ0n) is 11.3. The molecule has 0 spiro atoms. The second kappa shape index (κ2) is 6.18. The molecule has 0 aromatic heterocycles. The Hall–Kier alpha value is -0.380. The Bertz CT molecular complexity index is 405. The fourth-order valence-electron chi connectivity index (χ4n) is 2.67. The van der Waals surface area contributed by atoms with Crippen LogP contribution in [-0.4, -0.2) is 17.5 Å². The highest BCUT2D eigenvalue weighted by molar-refractivity contribution is 9.10. The van der Waals surface area contributed by atoms with E-state index in [1.807, 2.05) is 0 Å². The van der Waals surface area contributed by atoms with Crippen LogP contribution in [0, 0.1) is 5.92 Å². The highest BCUT2D eigenvalue weighted by Gasteiger charge is 2.23. The van der Waals surface area contributed by atoms with Crippen LogP contribution in [0.5, 0.6) is 0 Å². The maximum Gasteiger partial charge on any atom is 0.0247 e. The lowest BCUT2D eigenvalue weighted by Crippen LogP contribution is -2.40. The maximum atomic E-state index is 5.66. The van der Waals surface area contributed by atoms with Crippen molar-refractivity contribution in [3.8, 4) is 0 Å². The summed E-state index contributed by atoms with van der Waals surface area (Å²) < 4.78 is 1.19. The smallest absolute Gasteiger partial charge is 0.0247 e. The average Bonchev–Trinajstić information content (AvgIpc) is 2.36. The Morgan fingerprint density at radius 3 is 2.78 bits per heavy atom. The first-order chi connectivity index (χ1) is 8.60. The average molecular weight is 311 g/mol. The number of rotatable bonds is 3. The summed E-state index contributed by atoms with van der Waals surface area (Å²) in [6.45, 7) is 7.55. The minimum absolute atomic E-state index is 0.607. The molecule has 2 nitrogen and oxygen atoms in total. The molecule has 1 fully saturated rings. The third-order valence-electron chi connectivity index (χ3n) is 3.97. The summed E-state index contributed by atoms with van der Waals surface area (Å²) in [4.78, 5) is 2.59. The van der Waals surface area contributed by atoms with Crippen LogP contribution < -0.4 is 5.73 Å². The topological polar surface area (TPSA) is 29.3 Å². The zero-order chi connectivity index (χ0) is 13.1. The van der Waals surface area contributed by atoms with Crippen LogP contribution in [0.2, 0.25) is 0 Å². The van der Waals surface area contributed by atoms with Crippen molar-refractivity contribution in [1.82, 2.24) is 4.90 Å². The minimum Gasteiger partial charge on any atom is -0.326 e. The Labute approximate surface area is 119 Å². The minimum atomic E-state index is 0.607. The van der Waals surface area contributed by atoms with Gasteiger partial charge in [-0.25, -0.2) is 0 Å². The number of halogens is 1. The molecule has 0 amide bonds. The Morgan fingerprint density at radius 2 is 2.11 bits per heavy atom. The van der Waals surface area contributed by atoms with Crippen molar-refractivity contribution in [2.75, 3.05) is 6.54 Å². The molecule has 100 valence electrons. The fraction of sp³-hybridized carbons (Fsp3) is 0.600. The molecule has 3 heteroatoms. The van der Waals surface area contributed by atoms with Crippen LogP contribution in [0.1, 0.15) is 37.8 Å². The number of benzene rings is 1. The first-order valence-electron chi connectivity index (χ1n) is 6.81. The van der Waals surface area contributed by atoms with E-state index in [2.05, 4.69) is 52.9 Å². The van der Waals surface area contributed by atoms with Gasteiger partial charge in [-0.1, -0.05) is 35.0 Å². The molecule has 1 saturated heterocycles. The molecule has 2 unspecified atom stereocenters. The van der Waals surface area contributed by atoms with E-state index in [0.717, 1.165) is 12.5 Å². The van der Waals surface area contributed by atoms with E-state index in [1.54, 1.807) is 0 Å². The number of nitrogens with two attached hydrogens (primary N) is 1. The monoisotopic (exact) mass is 310 g/mol. The molecule has 2 rings (SSSR count). The number of piperidine rings is 1. The maximum absolute atomic E-state index is 5.66. The number of hydrogen-bond acceptors (Lipinski definition) is 2. The lowest BCUT2D eigenvalue weighted by Gasteiger charge is -2.37. The molecule has 18 heavy (non-hydrogen) atoms. The van der Waals surface area contributed by atoms with Gasteiger partial charge < -0.3 is 5.73 Å². The molecule has 1 heterocycles. The van der Waals surface area contributed by atoms with Crippen molar-refractivity contribution in [2.24, 2.45) is 11.7 Å². The highest BCUT2D eigenvalue weighted by Crippen LogP contribution is 2.26. The molecule has 1 aromatic carbocycles. The van der Waals surface area contributed by atoms with Gasteiger partial charge in [0, 0.05) is 30.1 Å². The van der Waals surface area contributed by atoms with Gasteiger partial charge in [-0.15, -0.1) is 0 Å². The van der Waals surface area contributed by atoms with Gasteiger partial charge in [0.05, 0.1) is 0 Å². The lowest BCUT2D eigenvalue weighted by atomic mass is 9.94. The van der Waals surface area contributed by atoms with Crippen LogP contribution in [0.25, 0.3) is 0 Å². The predicted octanol–water partition coefficient (Wildman–Crippen LogP) is 3.53. The van der Waals surface area contributed by atoms with Gasteiger partial charge in [-0.3, -0.25) is 4.90 Å². The zero-order valence-corrected chi connectivity index (χ0v) is 12.9. The van der Waals surface area contributed by atoms with Crippen molar-refractivity contribution < 1.29 is 0 Å². The molecule has 1 aromatic rings. The van der Waals surface area contributed by atoms with Gasteiger partial charge in [-0.05, 0) is 42.9 Å².